The number of nitrogens with two attached hydrogens (primary N) is 1. The van der Waals surface area contributed by atoms with Gasteiger partial charge in [-0.2, -0.15) is 0 Å². The predicted octanol–water partition coefficient (Wildman–Crippen LogP) is 1.45. The molecule has 1 fully saturated rings. The Kier molecular flexibility index (Phi) is 4.60. The fourth-order valence-electron chi connectivity index (χ4n) is 2.69. The highest BCUT2D eigenvalue weighted by molar-refractivity contribution is 7.89. The molecule has 2 unspecified atom stereocenters. The molecule has 21 heavy (non-hydrogen) atoms. The molecule has 0 radical (unpaired) electrons. The van der Waals surface area contributed by atoms with Crippen molar-refractivity contribution in [1.29, 1.82) is 0 Å². The van der Waals surface area contributed by atoms with Gasteiger partial charge in [-0.1, -0.05) is 25.0 Å². The van der Waals surface area contributed by atoms with E-state index in [1.54, 1.807) is 13.0 Å². The Morgan fingerprint density at radius 1 is 1.33 bits per heavy atom. The van der Waals surface area contributed by atoms with Crippen LogP contribution < -0.4 is 10.5 Å². The Balaban J connectivity index is 2.38. The maximum atomic E-state index is 12.5. The van der Waals surface area contributed by atoms with Crippen LogP contribution in [0.15, 0.2) is 23.1 Å². The van der Waals surface area contributed by atoms with E-state index < -0.39 is 20.6 Å². The zero-order valence-corrected chi connectivity index (χ0v) is 12.6. The average Bonchev–Trinajstić information content (AvgIpc) is 2.40. The van der Waals surface area contributed by atoms with Crippen LogP contribution in [0, 0.1) is 17.0 Å². The van der Waals surface area contributed by atoms with E-state index in [1.165, 1.54) is 12.1 Å². The van der Waals surface area contributed by atoms with E-state index in [0.717, 1.165) is 19.3 Å². The monoisotopic (exact) mass is 313 g/mol. The molecular formula is C13H19N3O4S. The maximum absolute atomic E-state index is 12.5. The molecule has 3 N–H and O–H groups in total. The van der Waals surface area contributed by atoms with Crippen LogP contribution in [0.1, 0.15) is 31.2 Å². The molecular weight excluding hydrogens is 294 g/mol. The van der Waals surface area contributed by atoms with Gasteiger partial charge in [0, 0.05) is 18.2 Å². The Morgan fingerprint density at radius 3 is 2.62 bits per heavy atom. The third kappa shape index (κ3) is 3.39. The third-order valence-corrected chi connectivity index (χ3v) is 5.46. The van der Waals surface area contributed by atoms with Crippen molar-refractivity contribution >= 4 is 15.7 Å². The summed E-state index contributed by atoms with van der Waals surface area (Å²) >= 11 is 0. The number of benzene rings is 1. The van der Waals surface area contributed by atoms with Crippen LogP contribution in [0.5, 0.6) is 0 Å². The Morgan fingerprint density at radius 2 is 2.00 bits per heavy atom. The molecule has 0 aliphatic heterocycles. The standard InChI is InChI=1S/C13H19N3O4S/c1-9-5-4-8-12(16(17)18)13(9)21(19,20)15-11-7-3-2-6-10(11)14/h4-5,8,10-11,15H,2-3,6-7,14H2,1H3. The van der Waals surface area contributed by atoms with Crippen molar-refractivity contribution in [2.24, 2.45) is 5.73 Å². The minimum absolute atomic E-state index is 0.253. The number of rotatable bonds is 4. The molecule has 116 valence electrons. The zero-order chi connectivity index (χ0) is 15.6. The second kappa shape index (κ2) is 6.08. The Hall–Kier alpha value is -1.51. The first-order valence-electron chi connectivity index (χ1n) is 6.85. The average molecular weight is 313 g/mol. The van der Waals surface area contributed by atoms with Crippen LogP contribution in [0.4, 0.5) is 5.69 Å². The lowest BCUT2D eigenvalue weighted by Gasteiger charge is -2.29. The highest BCUT2D eigenvalue weighted by Gasteiger charge is 2.32. The van der Waals surface area contributed by atoms with Gasteiger partial charge in [-0.05, 0) is 25.3 Å². The van der Waals surface area contributed by atoms with Crippen molar-refractivity contribution in [3.05, 3.63) is 33.9 Å². The molecule has 1 aromatic carbocycles. The van der Waals surface area contributed by atoms with Gasteiger partial charge in [-0.25, -0.2) is 13.1 Å². The first-order valence-corrected chi connectivity index (χ1v) is 8.33. The van der Waals surface area contributed by atoms with Crippen LogP contribution in [0.2, 0.25) is 0 Å². The van der Waals surface area contributed by atoms with Crippen LogP contribution in [-0.2, 0) is 10.0 Å². The van der Waals surface area contributed by atoms with Crippen LogP contribution in [0.25, 0.3) is 0 Å². The van der Waals surface area contributed by atoms with E-state index in [-0.39, 0.29) is 17.0 Å². The number of aryl methyl sites for hydroxylation is 1. The minimum atomic E-state index is -3.97. The predicted molar refractivity (Wildman–Crippen MR) is 78.4 cm³/mol. The Bertz CT molecular complexity index is 645. The maximum Gasteiger partial charge on any atom is 0.289 e. The lowest BCUT2D eigenvalue weighted by molar-refractivity contribution is -0.387. The summed E-state index contributed by atoms with van der Waals surface area (Å²) in [6.45, 7) is 1.54. The van der Waals surface area contributed by atoms with Crippen molar-refractivity contribution in [2.45, 2.75) is 49.6 Å². The summed E-state index contributed by atoms with van der Waals surface area (Å²) in [7, 11) is -3.97. The number of nitro groups is 1. The molecule has 0 heterocycles. The quantitative estimate of drug-likeness (QED) is 0.645. The SMILES string of the molecule is Cc1cccc([N+](=O)[O-])c1S(=O)(=O)NC1CCCCC1N. The molecule has 0 amide bonds. The molecule has 0 spiro atoms. The second-order valence-electron chi connectivity index (χ2n) is 5.36. The van der Waals surface area contributed by atoms with Crippen LogP contribution in [0.3, 0.4) is 0 Å². The minimum Gasteiger partial charge on any atom is -0.326 e. The molecule has 1 aliphatic carbocycles. The number of hydrogen-bond acceptors (Lipinski definition) is 5. The van der Waals surface area contributed by atoms with Crippen LogP contribution >= 0.6 is 0 Å². The van der Waals surface area contributed by atoms with Gasteiger partial charge in [0.25, 0.3) is 5.69 Å². The summed E-state index contributed by atoms with van der Waals surface area (Å²) in [5, 5.41) is 11.1. The van der Waals surface area contributed by atoms with E-state index in [9.17, 15) is 18.5 Å². The molecule has 0 bridgehead atoms. The number of sulfonamides is 1. The molecule has 2 rings (SSSR count). The topological polar surface area (TPSA) is 115 Å². The van der Waals surface area contributed by atoms with Crippen molar-refractivity contribution in [2.75, 3.05) is 0 Å². The van der Waals surface area contributed by atoms with Gasteiger partial charge in [0.1, 0.15) is 0 Å². The normalized spacial score (nSPS) is 23.0. The summed E-state index contributed by atoms with van der Waals surface area (Å²) in [6.07, 6.45) is 3.28. The molecule has 7 nitrogen and oxygen atoms in total. The van der Waals surface area contributed by atoms with Gasteiger partial charge in [0.05, 0.1) is 4.92 Å². The highest BCUT2D eigenvalue weighted by atomic mass is 32.2. The highest BCUT2D eigenvalue weighted by Crippen LogP contribution is 2.28. The summed E-state index contributed by atoms with van der Waals surface area (Å²) in [6, 6.07) is 3.59. The summed E-state index contributed by atoms with van der Waals surface area (Å²) < 4.78 is 27.6. The summed E-state index contributed by atoms with van der Waals surface area (Å²) in [4.78, 5) is 10.1. The zero-order valence-electron chi connectivity index (χ0n) is 11.8. The van der Waals surface area contributed by atoms with Crippen molar-refractivity contribution in [3.63, 3.8) is 0 Å². The molecule has 8 heteroatoms. The number of nitro benzene ring substituents is 1. The van der Waals surface area contributed by atoms with Crippen molar-refractivity contribution in [1.82, 2.24) is 4.72 Å². The van der Waals surface area contributed by atoms with Crippen molar-refractivity contribution < 1.29 is 13.3 Å². The van der Waals surface area contributed by atoms with Gasteiger partial charge < -0.3 is 5.73 Å². The number of nitrogens with zero attached hydrogens (tertiary/aromatic N) is 1. The summed E-state index contributed by atoms with van der Waals surface area (Å²) in [5.74, 6) is 0. The molecule has 2 atom stereocenters. The van der Waals surface area contributed by atoms with Gasteiger partial charge in [0.15, 0.2) is 4.90 Å². The number of nitrogens with one attached hydrogen (secondary N) is 1. The van der Waals surface area contributed by atoms with Gasteiger partial charge >= 0.3 is 0 Å². The first-order chi connectivity index (χ1) is 9.83. The van der Waals surface area contributed by atoms with E-state index >= 15 is 0 Å². The molecule has 1 aromatic rings. The van der Waals surface area contributed by atoms with E-state index in [0.29, 0.717) is 12.0 Å². The second-order valence-corrected chi connectivity index (χ2v) is 7.01. The molecule has 0 saturated heterocycles. The van der Waals surface area contributed by atoms with Gasteiger partial charge in [-0.15, -0.1) is 0 Å². The van der Waals surface area contributed by atoms with E-state index in [4.69, 9.17) is 5.73 Å². The smallest absolute Gasteiger partial charge is 0.289 e. The first kappa shape index (κ1) is 15.9. The fraction of sp³-hybridized carbons (Fsp3) is 0.538. The van der Waals surface area contributed by atoms with Crippen molar-refractivity contribution in [3.8, 4) is 0 Å². The fourth-order valence-corrected chi connectivity index (χ4v) is 4.41. The lowest BCUT2D eigenvalue weighted by atomic mass is 9.92. The third-order valence-electron chi connectivity index (χ3n) is 3.78. The van der Waals surface area contributed by atoms with Crippen LogP contribution in [-0.4, -0.2) is 25.4 Å². The van der Waals surface area contributed by atoms with E-state index in [1.807, 2.05) is 0 Å². The van der Waals surface area contributed by atoms with Gasteiger partial charge in [0.2, 0.25) is 10.0 Å². The molecule has 1 aliphatic rings. The van der Waals surface area contributed by atoms with E-state index in [2.05, 4.69) is 4.72 Å². The lowest BCUT2D eigenvalue weighted by Crippen LogP contribution is -2.49. The van der Waals surface area contributed by atoms with Gasteiger partial charge in [-0.3, -0.25) is 10.1 Å². The number of hydrogen-bond donors (Lipinski definition) is 2. The molecule has 1 saturated carbocycles. The summed E-state index contributed by atoms with van der Waals surface area (Å²) in [5.41, 5.74) is 5.88. The molecule has 0 aromatic heterocycles. The Labute approximate surface area is 123 Å². The largest absolute Gasteiger partial charge is 0.326 e.